The number of hydrogen-bond donors (Lipinski definition) is 2. The number of benzene rings is 2. The number of nitrogens with one attached hydrogen (secondary N) is 2. The number of para-hydroxylation sites is 1. The smallest absolute Gasteiger partial charge is 0.264 e. The van der Waals surface area contributed by atoms with Crippen LogP contribution in [0.25, 0.3) is 21.8 Å². The molecular formula is C21H22N4O2S. The molecule has 0 aliphatic rings. The SMILES string of the molecule is CN(C)CCc1c[nH]c2ccc(NS(=O)(=O)c3cccc4cccnc34)cc12. The zero-order valence-corrected chi connectivity index (χ0v) is 16.6. The molecule has 6 nitrogen and oxygen atoms in total. The van der Waals surface area contributed by atoms with Crippen LogP contribution in [0, 0.1) is 0 Å². The van der Waals surface area contributed by atoms with Gasteiger partial charge in [-0.1, -0.05) is 18.2 Å². The first-order valence-electron chi connectivity index (χ1n) is 9.05. The van der Waals surface area contributed by atoms with Crippen molar-refractivity contribution >= 4 is 37.5 Å². The first-order chi connectivity index (χ1) is 13.4. The van der Waals surface area contributed by atoms with Crippen molar-refractivity contribution in [2.45, 2.75) is 11.3 Å². The number of aromatic nitrogens is 2. The Morgan fingerprint density at radius 2 is 1.93 bits per heavy atom. The van der Waals surface area contributed by atoms with Crippen molar-refractivity contribution in [1.29, 1.82) is 0 Å². The molecular weight excluding hydrogens is 372 g/mol. The third-order valence-corrected chi connectivity index (χ3v) is 6.15. The molecule has 0 atom stereocenters. The maximum Gasteiger partial charge on any atom is 0.264 e. The minimum absolute atomic E-state index is 0.174. The number of sulfonamides is 1. The first kappa shape index (κ1) is 18.5. The summed E-state index contributed by atoms with van der Waals surface area (Å²) in [5.74, 6) is 0. The molecule has 28 heavy (non-hydrogen) atoms. The monoisotopic (exact) mass is 394 g/mol. The summed E-state index contributed by atoms with van der Waals surface area (Å²) in [7, 11) is 0.308. The Morgan fingerprint density at radius 1 is 1.11 bits per heavy atom. The van der Waals surface area contributed by atoms with E-state index < -0.39 is 10.0 Å². The number of rotatable bonds is 6. The molecule has 0 unspecified atom stereocenters. The van der Waals surface area contributed by atoms with Gasteiger partial charge in [-0.05, 0) is 56.4 Å². The van der Waals surface area contributed by atoms with Crippen LogP contribution in [-0.4, -0.2) is 43.9 Å². The number of H-pyrrole nitrogens is 1. The predicted octanol–water partition coefficient (Wildman–Crippen LogP) is 3.62. The van der Waals surface area contributed by atoms with Crippen molar-refractivity contribution in [2.24, 2.45) is 0 Å². The summed E-state index contributed by atoms with van der Waals surface area (Å²) in [4.78, 5) is 9.81. The normalized spacial score (nSPS) is 12.1. The lowest BCUT2D eigenvalue weighted by molar-refractivity contribution is 0.414. The fourth-order valence-corrected chi connectivity index (χ4v) is 4.53. The summed E-state index contributed by atoms with van der Waals surface area (Å²) in [6.07, 6.45) is 4.47. The largest absolute Gasteiger partial charge is 0.361 e. The Kier molecular flexibility index (Phi) is 4.78. The lowest BCUT2D eigenvalue weighted by Crippen LogP contribution is -2.15. The van der Waals surface area contributed by atoms with Crippen molar-refractivity contribution in [3.05, 3.63) is 66.5 Å². The van der Waals surface area contributed by atoms with E-state index in [2.05, 4.69) is 19.6 Å². The van der Waals surface area contributed by atoms with Gasteiger partial charge in [-0.2, -0.15) is 0 Å². The number of anilines is 1. The molecule has 2 aromatic heterocycles. The van der Waals surface area contributed by atoms with E-state index in [0.717, 1.165) is 34.8 Å². The number of pyridine rings is 1. The van der Waals surface area contributed by atoms with Gasteiger partial charge in [0.15, 0.2) is 0 Å². The standard InChI is InChI=1S/C21H22N4O2S/c1-25(2)12-10-16-14-23-19-9-8-17(13-18(16)19)24-28(26,27)20-7-3-5-15-6-4-11-22-21(15)20/h3-9,11,13-14,23-24H,10,12H2,1-2H3. The summed E-state index contributed by atoms with van der Waals surface area (Å²) >= 11 is 0. The van der Waals surface area contributed by atoms with Gasteiger partial charge in [0.25, 0.3) is 10.0 Å². The van der Waals surface area contributed by atoms with Gasteiger partial charge in [-0.3, -0.25) is 9.71 Å². The minimum atomic E-state index is -3.76. The number of nitrogens with zero attached hydrogens (tertiary/aromatic N) is 2. The highest BCUT2D eigenvalue weighted by molar-refractivity contribution is 7.93. The average molecular weight is 395 g/mol. The molecule has 4 aromatic rings. The molecule has 0 saturated carbocycles. The Balaban J connectivity index is 1.69. The van der Waals surface area contributed by atoms with Crippen LogP contribution in [0.4, 0.5) is 5.69 Å². The molecule has 0 spiro atoms. The van der Waals surface area contributed by atoms with E-state index in [0.29, 0.717) is 11.2 Å². The summed E-state index contributed by atoms with van der Waals surface area (Å²) in [5, 5.41) is 1.82. The molecule has 0 bridgehead atoms. The second-order valence-corrected chi connectivity index (χ2v) is 8.72. The van der Waals surface area contributed by atoms with Gasteiger partial charge in [0.2, 0.25) is 0 Å². The Hall–Kier alpha value is -2.90. The maximum absolute atomic E-state index is 13.0. The third kappa shape index (κ3) is 3.58. The van der Waals surface area contributed by atoms with E-state index in [1.165, 1.54) is 0 Å². The average Bonchev–Trinajstić information content (AvgIpc) is 3.08. The molecule has 0 aliphatic carbocycles. The van der Waals surface area contributed by atoms with Gasteiger partial charge < -0.3 is 9.88 Å². The Morgan fingerprint density at radius 3 is 2.75 bits per heavy atom. The molecule has 2 N–H and O–H groups in total. The molecule has 0 aliphatic heterocycles. The Bertz CT molecular complexity index is 1240. The van der Waals surface area contributed by atoms with Crippen LogP contribution in [-0.2, 0) is 16.4 Å². The van der Waals surface area contributed by atoms with E-state index in [1.807, 2.05) is 44.6 Å². The zero-order valence-electron chi connectivity index (χ0n) is 15.8. The summed E-state index contributed by atoms with van der Waals surface area (Å²) in [6.45, 7) is 0.921. The van der Waals surface area contributed by atoms with Crippen molar-refractivity contribution in [1.82, 2.24) is 14.9 Å². The summed E-state index contributed by atoms with van der Waals surface area (Å²) < 4.78 is 28.8. The van der Waals surface area contributed by atoms with E-state index in [9.17, 15) is 8.42 Å². The highest BCUT2D eigenvalue weighted by Gasteiger charge is 2.18. The van der Waals surface area contributed by atoms with E-state index in [4.69, 9.17) is 0 Å². The van der Waals surface area contributed by atoms with E-state index in [1.54, 1.807) is 30.5 Å². The number of hydrogen-bond acceptors (Lipinski definition) is 4. The molecule has 144 valence electrons. The van der Waals surface area contributed by atoms with Crippen molar-refractivity contribution in [2.75, 3.05) is 25.4 Å². The molecule has 0 saturated heterocycles. The van der Waals surface area contributed by atoms with Crippen LogP contribution >= 0.6 is 0 Å². The molecule has 0 radical (unpaired) electrons. The molecule has 0 amide bonds. The van der Waals surface area contributed by atoms with Crippen molar-refractivity contribution < 1.29 is 8.42 Å². The third-order valence-electron chi connectivity index (χ3n) is 4.73. The minimum Gasteiger partial charge on any atom is -0.361 e. The first-order valence-corrected chi connectivity index (χ1v) is 10.5. The molecule has 4 rings (SSSR count). The second kappa shape index (κ2) is 7.26. The van der Waals surface area contributed by atoms with Crippen LogP contribution in [0.15, 0.2) is 65.8 Å². The number of likely N-dealkylation sites (N-methyl/N-ethyl adjacent to an activating group) is 1. The van der Waals surface area contributed by atoms with Crippen molar-refractivity contribution in [3.63, 3.8) is 0 Å². The number of aromatic amines is 1. The van der Waals surface area contributed by atoms with Crippen LogP contribution < -0.4 is 4.72 Å². The lowest BCUT2D eigenvalue weighted by atomic mass is 10.1. The van der Waals surface area contributed by atoms with Crippen LogP contribution in [0.3, 0.4) is 0 Å². The fourth-order valence-electron chi connectivity index (χ4n) is 3.30. The molecule has 2 aromatic carbocycles. The Labute approximate surface area is 164 Å². The summed E-state index contributed by atoms with van der Waals surface area (Å²) in [5.41, 5.74) is 3.15. The summed E-state index contributed by atoms with van der Waals surface area (Å²) in [6, 6.07) is 14.4. The van der Waals surface area contributed by atoms with Crippen LogP contribution in [0.5, 0.6) is 0 Å². The molecule has 7 heteroatoms. The predicted molar refractivity (Wildman–Crippen MR) is 113 cm³/mol. The zero-order chi connectivity index (χ0) is 19.7. The van der Waals surface area contributed by atoms with E-state index >= 15 is 0 Å². The quantitative estimate of drug-likeness (QED) is 0.524. The topological polar surface area (TPSA) is 78.1 Å². The van der Waals surface area contributed by atoms with Gasteiger partial charge in [0.05, 0.1) is 5.52 Å². The van der Waals surface area contributed by atoms with E-state index in [-0.39, 0.29) is 4.90 Å². The van der Waals surface area contributed by atoms with Gasteiger partial charge >= 0.3 is 0 Å². The van der Waals surface area contributed by atoms with Gasteiger partial charge in [0, 0.05) is 40.9 Å². The van der Waals surface area contributed by atoms with Gasteiger partial charge in [-0.25, -0.2) is 8.42 Å². The van der Waals surface area contributed by atoms with Gasteiger partial charge in [-0.15, -0.1) is 0 Å². The second-order valence-electron chi connectivity index (χ2n) is 7.06. The van der Waals surface area contributed by atoms with Gasteiger partial charge in [0.1, 0.15) is 4.90 Å². The van der Waals surface area contributed by atoms with Crippen LogP contribution in [0.2, 0.25) is 0 Å². The van der Waals surface area contributed by atoms with Crippen LogP contribution in [0.1, 0.15) is 5.56 Å². The highest BCUT2D eigenvalue weighted by atomic mass is 32.2. The highest BCUT2D eigenvalue weighted by Crippen LogP contribution is 2.26. The molecule has 0 fully saturated rings. The maximum atomic E-state index is 13.0. The molecule has 2 heterocycles. The lowest BCUT2D eigenvalue weighted by Gasteiger charge is -2.11. The number of fused-ring (bicyclic) bond motifs is 2. The van der Waals surface area contributed by atoms with Crippen molar-refractivity contribution in [3.8, 4) is 0 Å². The fraction of sp³-hybridized carbons (Fsp3) is 0.190.